The molecule has 0 rings (SSSR count). The number of hydrogen-bond acceptors (Lipinski definition) is 0. The molecule has 2 heteroatoms. The van der Waals surface area contributed by atoms with E-state index in [2.05, 4.69) is 118 Å². The molecule has 126 valence electrons. The van der Waals surface area contributed by atoms with Crippen LogP contribution in [-0.2, 0) is 0 Å². The maximum Gasteiger partial charge on any atom is 0.0527 e. The lowest BCUT2D eigenvalue weighted by atomic mass is 10.4. The largest absolute Gasteiger partial charge is 0.106 e. The summed E-state index contributed by atoms with van der Waals surface area (Å²) in [6.45, 7) is 6.84. The van der Waals surface area contributed by atoms with Crippen LogP contribution in [0.15, 0.2) is 70.1 Å². The van der Waals surface area contributed by atoms with Crippen molar-refractivity contribution in [1.82, 2.24) is 0 Å². The molecule has 28 heavy (non-hydrogen) atoms. The van der Waals surface area contributed by atoms with E-state index in [9.17, 15) is 0 Å². The summed E-state index contributed by atoms with van der Waals surface area (Å²) in [6.07, 6.45) is 11.6. The maximum absolute atomic E-state index is 5.08. The third-order valence-electron chi connectivity index (χ3n) is 2.27. The van der Waals surface area contributed by atoms with Gasteiger partial charge in [-0.2, -0.15) is 0 Å². The molecule has 1 atom stereocenters. The molecule has 0 heterocycles. The summed E-state index contributed by atoms with van der Waals surface area (Å²) in [5.41, 5.74) is 27.6. The van der Waals surface area contributed by atoms with Crippen LogP contribution in [0.25, 0.3) is 0 Å². The van der Waals surface area contributed by atoms with Crippen LogP contribution in [0.5, 0.6) is 0 Å². The second kappa shape index (κ2) is 19.3. The monoisotopic (exact) mass is 386 g/mol. The average molecular weight is 386 g/mol. The number of terminal acetylenes is 2. The van der Waals surface area contributed by atoms with Crippen molar-refractivity contribution >= 4 is 16.5 Å². The maximum atomic E-state index is 5.08. The Labute approximate surface area is 170 Å². The molecular weight excluding hydrogens is 374 g/mol. The van der Waals surface area contributed by atoms with Crippen LogP contribution in [0.2, 0.25) is 0 Å². The molecule has 0 aliphatic carbocycles. The minimum absolute atomic E-state index is 0.323. The van der Waals surface area contributed by atoms with Gasteiger partial charge in [-0.3, -0.25) is 0 Å². The molecule has 0 amide bonds. The molecule has 0 saturated heterocycles. The minimum Gasteiger partial charge on any atom is -0.106 e. The van der Waals surface area contributed by atoms with Gasteiger partial charge in [0.15, 0.2) is 0 Å². The quantitative estimate of drug-likeness (QED) is 0.367. The van der Waals surface area contributed by atoms with Crippen LogP contribution in [0.4, 0.5) is 0 Å². The molecule has 0 fully saturated rings. The highest BCUT2D eigenvalue weighted by atomic mass is 31.1. The molecule has 0 bridgehead atoms. The van der Waals surface area contributed by atoms with Gasteiger partial charge >= 0.3 is 0 Å². The first-order valence-corrected chi connectivity index (χ1v) is 10.1. The summed E-state index contributed by atoms with van der Waals surface area (Å²) in [7, 11) is -0.624. The molecule has 0 aromatic rings. The van der Waals surface area contributed by atoms with E-state index >= 15 is 0 Å². The van der Waals surface area contributed by atoms with E-state index in [0.29, 0.717) is 21.2 Å². The zero-order valence-electron chi connectivity index (χ0n) is 15.0. The molecule has 0 nitrogen and oxygen atoms in total. The summed E-state index contributed by atoms with van der Waals surface area (Å²) in [4.78, 5) is 0. The topological polar surface area (TPSA) is 0 Å². The molecule has 1 unspecified atom stereocenters. The molecule has 0 aromatic heterocycles. The number of hydrogen-bond donors (Lipinski definition) is 0. The van der Waals surface area contributed by atoms with Crippen molar-refractivity contribution in [2.75, 3.05) is 6.16 Å². The van der Waals surface area contributed by atoms with Crippen molar-refractivity contribution in [2.45, 2.75) is 6.42 Å². The summed E-state index contributed by atoms with van der Waals surface area (Å²) >= 11 is 0. The Morgan fingerprint density at radius 1 is 0.821 bits per heavy atom. The summed E-state index contributed by atoms with van der Waals surface area (Å²) in [6, 6.07) is 0. The van der Waals surface area contributed by atoms with Gasteiger partial charge < -0.3 is 0 Å². The molecule has 0 aromatic carbocycles. The average Bonchev–Trinajstić information content (AvgIpc) is 2.71. The fourth-order valence-electron chi connectivity index (χ4n) is 1.25. The van der Waals surface area contributed by atoms with Crippen molar-refractivity contribution in [3.8, 4) is 71.5 Å². The molecule has 0 saturated carbocycles. The Morgan fingerprint density at radius 3 is 2.00 bits per heavy atom. The molecule has 0 radical (unpaired) electrons. The van der Waals surface area contributed by atoms with Gasteiger partial charge in [0.1, 0.15) is 0 Å². The lowest BCUT2D eigenvalue weighted by molar-refractivity contribution is 1.22. The normalized spacial score (nSPS) is 6.39. The van der Waals surface area contributed by atoms with Gasteiger partial charge in [-0.25, -0.2) is 0 Å². The van der Waals surface area contributed by atoms with E-state index in [1.54, 1.807) is 0 Å². The zero-order chi connectivity index (χ0) is 20.7. The van der Waals surface area contributed by atoms with Crippen LogP contribution in [-0.4, -0.2) is 6.16 Å². The van der Waals surface area contributed by atoms with Crippen LogP contribution >= 0.6 is 16.5 Å². The minimum atomic E-state index is -0.947. The van der Waals surface area contributed by atoms with Crippen LogP contribution < -0.4 is 0 Å². The van der Waals surface area contributed by atoms with Gasteiger partial charge in [0.2, 0.25) is 0 Å². The van der Waals surface area contributed by atoms with Gasteiger partial charge in [-0.1, -0.05) is 31.5 Å². The summed E-state index contributed by atoms with van der Waals surface area (Å²) < 4.78 is 0. The lowest BCUT2D eigenvalue weighted by Crippen LogP contribution is -1.82. The highest BCUT2D eigenvalue weighted by molar-refractivity contribution is 7.68. The first kappa shape index (κ1) is 23.9. The van der Waals surface area contributed by atoms with Crippen molar-refractivity contribution < 1.29 is 0 Å². The van der Waals surface area contributed by atoms with Crippen molar-refractivity contribution in [3.05, 3.63) is 70.1 Å². The van der Waals surface area contributed by atoms with E-state index in [4.69, 9.17) is 12.8 Å². The highest BCUT2D eigenvalue weighted by Crippen LogP contribution is 2.37. The molecule has 0 aliphatic rings. The summed E-state index contributed by atoms with van der Waals surface area (Å²) in [5.74, 6) is 21.8. The predicted molar refractivity (Wildman–Crippen MR) is 121 cm³/mol. The zero-order valence-corrected chi connectivity index (χ0v) is 16.9. The van der Waals surface area contributed by atoms with Gasteiger partial charge in [-0.05, 0) is 113 Å². The van der Waals surface area contributed by atoms with Crippen LogP contribution in [0, 0.1) is 71.5 Å². The first-order valence-electron chi connectivity index (χ1n) is 7.48. The fraction of sp³-hybridized carbons (Fsp3) is 0.0769. The van der Waals surface area contributed by atoms with Crippen molar-refractivity contribution in [2.24, 2.45) is 0 Å². The van der Waals surface area contributed by atoms with E-state index in [-0.39, 0.29) is 0 Å². The Morgan fingerprint density at radius 2 is 1.43 bits per heavy atom. The van der Waals surface area contributed by atoms with E-state index in [1.165, 1.54) is 0 Å². The Hall–Kier alpha value is -4.06. The third kappa shape index (κ3) is 15.5. The van der Waals surface area contributed by atoms with Crippen LogP contribution in [0.1, 0.15) is 6.42 Å². The van der Waals surface area contributed by atoms with Crippen LogP contribution in [0.3, 0.4) is 0 Å². The third-order valence-corrected chi connectivity index (χ3v) is 4.71. The second-order valence-electron chi connectivity index (χ2n) is 4.05. The molecular formula is C26H12P2. The van der Waals surface area contributed by atoms with Gasteiger partial charge in [0.05, 0.1) is 7.92 Å². The summed E-state index contributed by atoms with van der Waals surface area (Å²) in [5, 5.41) is 0.986. The standard InChI is InChI=1S/C26H12P2/c1-5-9-13-17-22-27-26(20-16-12-8-4)21-25-28(23-18-14-10-6-2)24-19-15-11-7-3/h2-3,22,27H,1,4,21,25H2. The Balaban J connectivity index is 5.64. The van der Waals surface area contributed by atoms with Gasteiger partial charge in [-0.15, -0.1) is 12.8 Å². The second-order valence-corrected chi connectivity index (χ2v) is 6.99. The van der Waals surface area contributed by atoms with E-state index < -0.39 is 7.92 Å². The van der Waals surface area contributed by atoms with Crippen molar-refractivity contribution in [1.29, 1.82) is 0 Å². The van der Waals surface area contributed by atoms with Gasteiger partial charge in [0, 0.05) is 5.31 Å². The Kier molecular flexibility index (Phi) is 16.5. The Bertz CT molecular complexity index is 1190. The molecule has 0 aliphatic heterocycles. The van der Waals surface area contributed by atoms with Gasteiger partial charge in [0.25, 0.3) is 0 Å². The number of rotatable bonds is 5. The highest BCUT2D eigenvalue weighted by Gasteiger charge is 2.03. The fourth-order valence-corrected chi connectivity index (χ4v) is 3.29. The van der Waals surface area contributed by atoms with E-state index in [0.717, 1.165) is 5.31 Å². The van der Waals surface area contributed by atoms with E-state index in [1.807, 2.05) is 5.82 Å². The SMILES string of the molecule is C#CC#CC#CP(C#CC#CC#C)CCC(=C=C=C=C=C)PC=C=C=C=C=C. The lowest BCUT2D eigenvalue weighted by Gasteiger charge is -2.03. The first-order chi connectivity index (χ1) is 13.8. The molecule has 0 N–H and O–H groups in total. The number of allylic oxidation sites excluding steroid dienone is 1. The smallest absolute Gasteiger partial charge is 0.0527 e. The van der Waals surface area contributed by atoms with Crippen molar-refractivity contribution in [3.63, 3.8) is 0 Å². The predicted octanol–water partition coefficient (Wildman–Crippen LogP) is 4.63. The molecule has 0 spiro atoms.